The molecule has 118 valence electrons. The number of anilines is 1. The van der Waals surface area contributed by atoms with E-state index in [4.69, 9.17) is 10.00 Å². The van der Waals surface area contributed by atoms with Gasteiger partial charge in [-0.15, -0.1) is 0 Å². The predicted molar refractivity (Wildman–Crippen MR) is 89.6 cm³/mol. The summed E-state index contributed by atoms with van der Waals surface area (Å²) < 4.78 is 5.68. The van der Waals surface area contributed by atoms with Crippen LogP contribution in [0.15, 0.2) is 48.5 Å². The highest BCUT2D eigenvalue weighted by Gasteiger charge is 2.02. The summed E-state index contributed by atoms with van der Waals surface area (Å²) >= 11 is 0. The molecular formula is C18H19N3O2. The van der Waals surface area contributed by atoms with Gasteiger partial charge in [0.25, 0.3) is 0 Å². The van der Waals surface area contributed by atoms with E-state index in [1.807, 2.05) is 0 Å². The van der Waals surface area contributed by atoms with Crippen LogP contribution >= 0.6 is 0 Å². The van der Waals surface area contributed by atoms with E-state index >= 15 is 0 Å². The van der Waals surface area contributed by atoms with Crippen LogP contribution in [0.3, 0.4) is 0 Å². The number of carbonyl (C=O) groups excluding carboxylic acids is 1. The van der Waals surface area contributed by atoms with E-state index in [-0.39, 0.29) is 6.03 Å². The first-order valence-electron chi connectivity index (χ1n) is 7.54. The Kier molecular flexibility index (Phi) is 6.01. The second-order valence-corrected chi connectivity index (χ2v) is 5.00. The molecule has 0 aliphatic rings. The molecule has 2 aromatic carbocycles. The Morgan fingerprint density at radius 3 is 2.26 bits per heavy atom. The van der Waals surface area contributed by atoms with Crippen molar-refractivity contribution in [1.82, 2.24) is 5.32 Å². The molecule has 0 radical (unpaired) electrons. The van der Waals surface area contributed by atoms with Crippen molar-refractivity contribution in [2.24, 2.45) is 0 Å². The maximum atomic E-state index is 11.6. The van der Waals surface area contributed by atoms with Crippen molar-refractivity contribution in [3.05, 3.63) is 54.1 Å². The number of ether oxygens (including phenoxy) is 1. The van der Waals surface area contributed by atoms with Crippen LogP contribution in [0.4, 0.5) is 10.5 Å². The minimum absolute atomic E-state index is 0.209. The number of hydrogen-bond donors (Lipinski definition) is 2. The topological polar surface area (TPSA) is 74.2 Å². The van der Waals surface area contributed by atoms with Crippen molar-refractivity contribution in [3.8, 4) is 17.6 Å². The summed E-state index contributed by atoms with van der Waals surface area (Å²) in [5, 5.41) is 14.3. The van der Waals surface area contributed by atoms with Gasteiger partial charge >= 0.3 is 6.03 Å². The third-order valence-corrected chi connectivity index (χ3v) is 3.15. The zero-order valence-electron chi connectivity index (χ0n) is 13.0. The second kappa shape index (κ2) is 8.44. The van der Waals surface area contributed by atoms with Crippen LogP contribution in [-0.2, 0) is 0 Å². The lowest BCUT2D eigenvalue weighted by atomic mass is 10.2. The van der Waals surface area contributed by atoms with Gasteiger partial charge in [0.2, 0.25) is 0 Å². The number of amides is 2. The number of carbonyl (C=O) groups is 1. The summed E-state index contributed by atoms with van der Waals surface area (Å²) in [6, 6.07) is 15.8. The lowest BCUT2D eigenvalue weighted by Crippen LogP contribution is -2.29. The zero-order valence-corrected chi connectivity index (χ0v) is 13.0. The molecule has 0 atom stereocenters. The van der Waals surface area contributed by atoms with Gasteiger partial charge in [0.15, 0.2) is 0 Å². The van der Waals surface area contributed by atoms with Crippen LogP contribution in [-0.4, -0.2) is 12.6 Å². The monoisotopic (exact) mass is 309 g/mol. The predicted octanol–water partition coefficient (Wildman–Crippen LogP) is 4.27. The van der Waals surface area contributed by atoms with E-state index in [0.717, 1.165) is 12.8 Å². The minimum atomic E-state index is -0.209. The third-order valence-electron chi connectivity index (χ3n) is 3.15. The van der Waals surface area contributed by atoms with Crippen LogP contribution in [0.1, 0.15) is 25.3 Å². The summed E-state index contributed by atoms with van der Waals surface area (Å²) in [4.78, 5) is 11.6. The summed E-state index contributed by atoms with van der Waals surface area (Å²) in [5.41, 5.74) is 1.29. The Balaban J connectivity index is 1.88. The highest BCUT2D eigenvalue weighted by atomic mass is 16.5. The van der Waals surface area contributed by atoms with Gasteiger partial charge in [-0.3, -0.25) is 0 Å². The molecule has 0 spiro atoms. The van der Waals surface area contributed by atoms with E-state index in [1.54, 1.807) is 48.5 Å². The fourth-order valence-corrected chi connectivity index (χ4v) is 1.89. The quantitative estimate of drug-likeness (QED) is 0.782. The number of nitrogens with one attached hydrogen (secondary N) is 2. The first-order valence-corrected chi connectivity index (χ1v) is 7.54. The van der Waals surface area contributed by atoms with E-state index in [0.29, 0.717) is 29.3 Å². The normalized spacial score (nSPS) is 9.74. The number of urea groups is 1. The van der Waals surface area contributed by atoms with Crippen molar-refractivity contribution in [2.45, 2.75) is 19.8 Å². The fraction of sp³-hybridized carbons (Fsp3) is 0.222. The molecule has 0 aliphatic carbocycles. The molecule has 2 amide bonds. The highest BCUT2D eigenvalue weighted by Crippen LogP contribution is 2.23. The van der Waals surface area contributed by atoms with Gasteiger partial charge in [-0.2, -0.15) is 5.26 Å². The van der Waals surface area contributed by atoms with Gasteiger partial charge in [-0.05, 0) is 55.0 Å². The average molecular weight is 309 g/mol. The molecule has 0 aromatic heterocycles. The second-order valence-electron chi connectivity index (χ2n) is 5.00. The molecule has 0 saturated heterocycles. The van der Waals surface area contributed by atoms with Crippen LogP contribution in [0.25, 0.3) is 0 Å². The Hall–Kier alpha value is -3.00. The van der Waals surface area contributed by atoms with Gasteiger partial charge in [0, 0.05) is 12.2 Å². The molecular weight excluding hydrogens is 290 g/mol. The zero-order chi connectivity index (χ0) is 16.5. The first-order chi connectivity index (χ1) is 11.2. The molecule has 0 bridgehead atoms. The fourth-order valence-electron chi connectivity index (χ4n) is 1.89. The van der Waals surface area contributed by atoms with Crippen LogP contribution < -0.4 is 15.4 Å². The molecule has 2 aromatic rings. The van der Waals surface area contributed by atoms with Crippen LogP contribution in [0.5, 0.6) is 11.5 Å². The standard InChI is InChI=1S/C18H19N3O2/c1-2-3-12-20-18(22)21-15-6-10-17(11-7-15)23-16-8-4-14(13-19)5-9-16/h4-11H,2-3,12H2,1H3,(H2,20,21,22). The summed E-state index contributed by atoms with van der Waals surface area (Å²) in [6.45, 7) is 2.74. The third kappa shape index (κ3) is 5.36. The summed E-state index contributed by atoms with van der Waals surface area (Å²) in [6.07, 6.45) is 2.01. The molecule has 0 unspecified atom stereocenters. The van der Waals surface area contributed by atoms with Gasteiger partial charge in [0.05, 0.1) is 11.6 Å². The van der Waals surface area contributed by atoms with Crippen molar-refractivity contribution in [2.75, 3.05) is 11.9 Å². The van der Waals surface area contributed by atoms with Gasteiger partial charge in [-0.1, -0.05) is 13.3 Å². The smallest absolute Gasteiger partial charge is 0.319 e. The van der Waals surface area contributed by atoms with Gasteiger partial charge < -0.3 is 15.4 Å². The molecule has 2 rings (SSSR count). The van der Waals surface area contributed by atoms with E-state index in [1.165, 1.54) is 0 Å². The minimum Gasteiger partial charge on any atom is -0.457 e. The first kappa shape index (κ1) is 16.4. The molecule has 23 heavy (non-hydrogen) atoms. The Morgan fingerprint density at radius 2 is 1.70 bits per heavy atom. The van der Waals surface area contributed by atoms with Crippen molar-refractivity contribution >= 4 is 11.7 Å². The molecule has 5 heteroatoms. The molecule has 2 N–H and O–H groups in total. The lowest BCUT2D eigenvalue weighted by molar-refractivity contribution is 0.252. The summed E-state index contributed by atoms with van der Waals surface area (Å²) in [5.74, 6) is 1.31. The van der Waals surface area contributed by atoms with Crippen LogP contribution in [0.2, 0.25) is 0 Å². The number of unbranched alkanes of at least 4 members (excludes halogenated alkanes) is 1. The number of nitrogens with zero attached hydrogens (tertiary/aromatic N) is 1. The maximum absolute atomic E-state index is 11.6. The largest absolute Gasteiger partial charge is 0.457 e. The number of rotatable bonds is 6. The Morgan fingerprint density at radius 1 is 1.09 bits per heavy atom. The highest BCUT2D eigenvalue weighted by molar-refractivity contribution is 5.89. The lowest BCUT2D eigenvalue weighted by Gasteiger charge is -2.09. The summed E-state index contributed by atoms with van der Waals surface area (Å²) in [7, 11) is 0. The average Bonchev–Trinajstić information content (AvgIpc) is 2.57. The Labute approximate surface area is 135 Å². The number of hydrogen-bond acceptors (Lipinski definition) is 3. The number of nitriles is 1. The molecule has 0 fully saturated rings. The van der Waals surface area contributed by atoms with Crippen molar-refractivity contribution in [3.63, 3.8) is 0 Å². The maximum Gasteiger partial charge on any atom is 0.319 e. The van der Waals surface area contributed by atoms with Gasteiger partial charge in [-0.25, -0.2) is 4.79 Å². The molecule has 0 heterocycles. The van der Waals surface area contributed by atoms with Crippen molar-refractivity contribution < 1.29 is 9.53 Å². The van der Waals surface area contributed by atoms with E-state index in [9.17, 15) is 4.79 Å². The van der Waals surface area contributed by atoms with Crippen molar-refractivity contribution in [1.29, 1.82) is 5.26 Å². The molecule has 5 nitrogen and oxygen atoms in total. The number of benzene rings is 2. The molecule has 0 saturated carbocycles. The van der Waals surface area contributed by atoms with Crippen LogP contribution in [0, 0.1) is 11.3 Å². The van der Waals surface area contributed by atoms with E-state index in [2.05, 4.69) is 23.6 Å². The van der Waals surface area contributed by atoms with Gasteiger partial charge in [0.1, 0.15) is 11.5 Å². The SMILES string of the molecule is CCCCNC(=O)Nc1ccc(Oc2ccc(C#N)cc2)cc1. The van der Waals surface area contributed by atoms with E-state index < -0.39 is 0 Å². The Bertz CT molecular complexity index is 673. The molecule has 0 aliphatic heterocycles.